The standard InChI is InChI=1S/C33H33N3O5S/c1-6-40-32(38)29-21(2)34-33-36(30(29)24-13-15-25(16-14-24)35(3)4)31(37)28(42-33)19-23-12-17-26(27(18-23)39-5)41-20-22-10-8-7-9-11-22/h7-19,30H,6,20H2,1-5H3/b28-19-/t30-/m1/s1. The van der Waals surface area contributed by atoms with Gasteiger partial charge in [-0.25, -0.2) is 9.79 Å². The summed E-state index contributed by atoms with van der Waals surface area (Å²) in [5.74, 6) is 0.688. The number of esters is 1. The number of nitrogens with zero attached hydrogens (tertiary/aromatic N) is 3. The van der Waals surface area contributed by atoms with Crippen LogP contribution in [0.3, 0.4) is 0 Å². The number of anilines is 1. The topological polar surface area (TPSA) is 82.4 Å². The highest BCUT2D eigenvalue weighted by Crippen LogP contribution is 2.32. The van der Waals surface area contributed by atoms with E-state index in [1.165, 1.54) is 11.3 Å². The summed E-state index contributed by atoms with van der Waals surface area (Å²) in [6.07, 6.45) is 1.81. The molecule has 0 radical (unpaired) electrons. The maximum atomic E-state index is 13.9. The van der Waals surface area contributed by atoms with Crippen LogP contribution in [0.15, 0.2) is 93.9 Å². The highest BCUT2D eigenvalue weighted by molar-refractivity contribution is 7.07. The van der Waals surface area contributed by atoms with Gasteiger partial charge in [0.1, 0.15) is 6.61 Å². The summed E-state index contributed by atoms with van der Waals surface area (Å²) in [6.45, 7) is 4.17. The lowest BCUT2D eigenvalue weighted by molar-refractivity contribution is -0.139. The van der Waals surface area contributed by atoms with E-state index >= 15 is 0 Å². The number of allylic oxidation sites excluding steroid dienone is 1. The van der Waals surface area contributed by atoms with E-state index in [1.807, 2.05) is 97.9 Å². The van der Waals surface area contributed by atoms with Gasteiger partial charge in [-0.15, -0.1) is 0 Å². The van der Waals surface area contributed by atoms with Crippen LogP contribution in [0, 0.1) is 0 Å². The number of hydrogen-bond donors (Lipinski definition) is 0. The Labute approximate surface area is 248 Å². The largest absolute Gasteiger partial charge is 0.493 e. The highest BCUT2D eigenvalue weighted by Gasteiger charge is 2.33. The van der Waals surface area contributed by atoms with E-state index in [2.05, 4.69) is 4.99 Å². The molecule has 9 heteroatoms. The Morgan fingerprint density at radius 1 is 1.05 bits per heavy atom. The minimum Gasteiger partial charge on any atom is -0.493 e. The van der Waals surface area contributed by atoms with E-state index in [9.17, 15) is 9.59 Å². The Kier molecular flexibility index (Phi) is 8.59. The fourth-order valence-electron chi connectivity index (χ4n) is 4.84. The molecule has 0 saturated heterocycles. The first-order chi connectivity index (χ1) is 20.3. The van der Waals surface area contributed by atoms with Crippen LogP contribution in [0.4, 0.5) is 5.69 Å². The average Bonchev–Trinajstić information content (AvgIpc) is 3.30. The molecule has 0 N–H and O–H groups in total. The number of benzene rings is 3. The Morgan fingerprint density at radius 2 is 1.79 bits per heavy atom. The first-order valence-corrected chi connectivity index (χ1v) is 14.4. The monoisotopic (exact) mass is 583 g/mol. The molecule has 1 atom stereocenters. The summed E-state index contributed by atoms with van der Waals surface area (Å²) in [5, 5.41) is 0. The van der Waals surface area contributed by atoms with Crippen molar-refractivity contribution < 1.29 is 19.0 Å². The SMILES string of the molecule is CCOC(=O)C1=C(C)N=c2s/c(=C\c3ccc(OCc4ccccc4)c(OC)c3)c(=O)n2[C@@H]1c1ccc(N(C)C)cc1. The quantitative estimate of drug-likeness (QED) is 0.271. The summed E-state index contributed by atoms with van der Waals surface area (Å²) in [6, 6.07) is 22.6. The predicted molar refractivity (Wildman–Crippen MR) is 165 cm³/mol. The van der Waals surface area contributed by atoms with Gasteiger partial charge in [0.25, 0.3) is 5.56 Å². The van der Waals surface area contributed by atoms with Crippen LogP contribution in [0.2, 0.25) is 0 Å². The molecule has 0 amide bonds. The van der Waals surface area contributed by atoms with E-state index in [1.54, 1.807) is 25.5 Å². The molecule has 216 valence electrons. The molecule has 0 bridgehead atoms. The van der Waals surface area contributed by atoms with Crippen molar-refractivity contribution in [2.45, 2.75) is 26.5 Å². The first-order valence-electron chi connectivity index (χ1n) is 13.6. The normalized spacial score (nSPS) is 14.7. The number of hydrogen-bond acceptors (Lipinski definition) is 8. The number of aromatic nitrogens is 1. The van der Waals surface area contributed by atoms with Crippen LogP contribution < -0.4 is 29.3 Å². The van der Waals surface area contributed by atoms with Gasteiger partial charge in [-0.2, -0.15) is 0 Å². The lowest BCUT2D eigenvalue weighted by atomic mass is 9.95. The van der Waals surface area contributed by atoms with Crippen molar-refractivity contribution in [3.8, 4) is 11.5 Å². The smallest absolute Gasteiger partial charge is 0.338 e. The molecule has 8 nitrogen and oxygen atoms in total. The maximum Gasteiger partial charge on any atom is 0.338 e. The number of rotatable bonds is 9. The Bertz CT molecular complexity index is 1810. The van der Waals surface area contributed by atoms with E-state index < -0.39 is 12.0 Å². The third kappa shape index (κ3) is 5.87. The summed E-state index contributed by atoms with van der Waals surface area (Å²) in [4.78, 5) is 34.3. The fraction of sp³-hybridized carbons (Fsp3) is 0.242. The second kappa shape index (κ2) is 12.5. The molecule has 5 rings (SSSR count). The van der Waals surface area contributed by atoms with Crippen molar-refractivity contribution in [3.05, 3.63) is 120 Å². The fourth-order valence-corrected chi connectivity index (χ4v) is 5.89. The van der Waals surface area contributed by atoms with Crippen LogP contribution in [0.5, 0.6) is 11.5 Å². The van der Waals surface area contributed by atoms with Crippen LogP contribution in [-0.2, 0) is 16.1 Å². The van der Waals surface area contributed by atoms with E-state index in [4.69, 9.17) is 14.2 Å². The number of methoxy groups -OCH3 is 1. The van der Waals surface area contributed by atoms with Crippen LogP contribution >= 0.6 is 11.3 Å². The average molecular weight is 584 g/mol. The van der Waals surface area contributed by atoms with Gasteiger partial charge in [-0.05, 0) is 60.9 Å². The van der Waals surface area contributed by atoms with Crippen molar-refractivity contribution in [2.75, 3.05) is 32.7 Å². The summed E-state index contributed by atoms with van der Waals surface area (Å²) in [5.41, 5.74) is 4.28. The van der Waals surface area contributed by atoms with Gasteiger partial charge < -0.3 is 19.1 Å². The molecule has 0 saturated carbocycles. The zero-order valence-electron chi connectivity index (χ0n) is 24.3. The van der Waals surface area contributed by atoms with Crippen LogP contribution in [0.1, 0.15) is 36.6 Å². The van der Waals surface area contributed by atoms with Gasteiger partial charge in [0.2, 0.25) is 0 Å². The lowest BCUT2D eigenvalue weighted by Gasteiger charge is -2.25. The lowest BCUT2D eigenvalue weighted by Crippen LogP contribution is -2.39. The molecule has 0 aliphatic carbocycles. The Morgan fingerprint density at radius 3 is 2.45 bits per heavy atom. The third-order valence-electron chi connectivity index (χ3n) is 6.96. The molecule has 1 aliphatic rings. The van der Waals surface area contributed by atoms with Crippen molar-refractivity contribution in [2.24, 2.45) is 4.99 Å². The Hall–Kier alpha value is -4.63. The second-order valence-corrected chi connectivity index (χ2v) is 11.0. The molecule has 2 heterocycles. The number of fused-ring (bicyclic) bond motifs is 1. The molecule has 0 spiro atoms. The van der Waals surface area contributed by atoms with E-state index in [-0.39, 0.29) is 12.2 Å². The minimum atomic E-state index is -0.665. The number of carbonyl (C=O) groups is 1. The molecular weight excluding hydrogens is 550 g/mol. The molecule has 4 aromatic rings. The van der Waals surface area contributed by atoms with Crippen molar-refractivity contribution in [1.29, 1.82) is 0 Å². The van der Waals surface area contributed by atoms with Crippen molar-refractivity contribution >= 4 is 29.1 Å². The molecule has 0 fully saturated rings. The molecule has 0 unspecified atom stereocenters. The number of thiazole rings is 1. The van der Waals surface area contributed by atoms with Crippen molar-refractivity contribution in [1.82, 2.24) is 4.57 Å². The zero-order valence-corrected chi connectivity index (χ0v) is 25.1. The number of ether oxygens (including phenoxy) is 3. The third-order valence-corrected chi connectivity index (χ3v) is 7.95. The highest BCUT2D eigenvalue weighted by atomic mass is 32.1. The van der Waals surface area contributed by atoms with Gasteiger partial charge in [0.05, 0.1) is 35.6 Å². The molecular formula is C33H33N3O5S. The summed E-state index contributed by atoms with van der Waals surface area (Å²) in [7, 11) is 5.51. The summed E-state index contributed by atoms with van der Waals surface area (Å²) >= 11 is 1.28. The van der Waals surface area contributed by atoms with E-state index in [0.717, 1.165) is 22.4 Å². The molecule has 1 aliphatic heterocycles. The van der Waals surface area contributed by atoms with Crippen LogP contribution in [-0.4, -0.2) is 38.3 Å². The second-order valence-electron chi connectivity index (χ2n) is 9.97. The van der Waals surface area contributed by atoms with Gasteiger partial charge in [0, 0.05) is 19.8 Å². The molecule has 42 heavy (non-hydrogen) atoms. The predicted octanol–water partition coefficient (Wildman–Crippen LogP) is 4.45. The van der Waals surface area contributed by atoms with Crippen LogP contribution in [0.25, 0.3) is 6.08 Å². The van der Waals surface area contributed by atoms with Crippen molar-refractivity contribution in [3.63, 3.8) is 0 Å². The Balaban J connectivity index is 1.55. The maximum absolute atomic E-state index is 13.9. The molecule has 1 aromatic heterocycles. The number of carbonyl (C=O) groups excluding carboxylic acids is 1. The first kappa shape index (κ1) is 28.9. The zero-order chi connectivity index (χ0) is 29.8. The van der Waals surface area contributed by atoms with Gasteiger partial charge in [-0.1, -0.05) is 59.9 Å². The van der Waals surface area contributed by atoms with Gasteiger partial charge >= 0.3 is 5.97 Å². The summed E-state index contributed by atoms with van der Waals surface area (Å²) < 4.78 is 19.1. The van der Waals surface area contributed by atoms with E-state index in [0.29, 0.717) is 38.7 Å². The minimum absolute atomic E-state index is 0.221. The van der Waals surface area contributed by atoms with Gasteiger partial charge in [0.15, 0.2) is 16.3 Å². The molecule has 3 aromatic carbocycles. The van der Waals surface area contributed by atoms with Gasteiger partial charge in [-0.3, -0.25) is 9.36 Å².